The van der Waals surface area contributed by atoms with Gasteiger partial charge >= 0.3 is 0 Å². The normalized spacial score (nSPS) is 10.9. The molecule has 11 heteroatoms. The van der Waals surface area contributed by atoms with Crippen molar-refractivity contribution in [1.29, 1.82) is 0 Å². The monoisotopic (exact) mass is 681 g/mol. The van der Waals surface area contributed by atoms with E-state index >= 15 is 0 Å². The lowest BCUT2D eigenvalue weighted by molar-refractivity contribution is 0.943. The van der Waals surface area contributed by atoms with Gasteiger partial charge in [-0.2, -0.15) is 0 Å². The van der Waals surface area contributed by atoms with Crippen LogP contribution in [0, 0.1) is 0 Å². The van der Waals surface area contributed by atoms with Crippen molar-refractivity contribution < 1.29 is 0 Å². The summed E-state index contributed by atoms with van der Waals surface area (Å²) in [4.78, 5) is 27.3. The summed E-state index contributed by atoms with van der Waals surface area (Å²) in [6, 6.07) is 31.4. The first-order valence-electron chi connectivity index (χ1n) is 15.4. The van der Waals surface area contributed by atoms with E-state index in [-0.39, 0.29) is 0 Å². The standard InChI is InChI=1S/C20H15ClN4.C18H14ClN5/c1-22-19-15(21)9-10-16-17(19)18(13-6-3-2-4-7-13)25-20(24-16)14-8-5-11-23-12-14;1-20-17-13(19)7-8-14-15(17)16(12-5-3-2-4-6-12)23-18(22-14)24-10-9-21-11-24/h2-12,22H,1H3;2-11,20H,1H3. The van der Waals surface area contributed by atoms with Gasteiger partial charge in [-0.3, -0.25) is 9.55 Å². The molecule has 0 amide bonds. The molecule has 0 aliphatic rings. The van der Waals surface area contributed by atoms with Crippen molar-refractivity contribution in [3.8, 4) is 39.9 Å². The molecule has 8 aromatic rings. The molecule has 49 heavy (non-hydrogen) atoms. The Morgan fingerprint density at radius 1 is 0.551 bits per heavy atom. The number of fused-ring (bicyclic) bond motifs is 2. The molecule has 0 saturated carbocycles. The summed E-state index contributed by atoms with van der Waals surface area (Å²) in [6.45, 7) is 0. The maximum absolute atomic E-state index is 6.39. The zero-order chi connectivity index (χ0) is 33.7. The fraction of sp³-hybridized carbons (Fsp3) is 0.0526. The van der Waals surface area contributed by atoms with Gasteiger partial charge in [0.15, 0.2) is 5.82 Å². The average molecular weight is 683 g/mol. The number of rotatable bonds is 6. The fourth-order valence-corrected chi connectivity index (χ4v) is 6.11. The summed E-state index contributed by atoms with van der Waals surface area (Å²) >= 11 is 12.8. The van der Waals surface area contributed by atoms with Gasteiger partial charge in [0.1, 0.15) is 6.33 Å². The van der Waals surface area contributed by atoms with Crippen LogP contribution in [0.3, 0.4) is 0 Å². The van der Waals surface area contributed by atoms with Gasteiger partial charge in [-0.25, -0.2) is 24.9 Å². The van der Waals surface area contributed by atoms with E-state index in [2.05, 4.69) is 25.6 Å². The van der Waals surface area contributed by atoms with Crippen LogP contribution in [0.25, 0.3) is 61.7 Å². The van der Waals surface area contributed by atoms with E-state index in [9.17, 15) is 0 Å². The lowest BCUT2D eigenvalue weighted by Gasteiger charge is -2.14. The summed E-state index contributed by atoms with van der Waals surface area (Å²) < 4.78 is 1.79. The smallest absolute Gasteiger partial charge is 0.236 e. The number of halogens is 2. The van der Waals surface area contributed by atoms with Crippen molar-refractivity contribution in [3.63, 3.8) is 0 Å². The van der Waals surface area contributed by atoms with Crippen molar-refractivity contribution in [2.45, 2.75) is 0 Å². The number of hydrogen-bond donors (Lipinski definition) is 2. The molecule has 4 heterocycles. The molecule has 9 nitrogen and oxygen atoms in total. The molecule has 0 aliphatic heterocycles. The highest BCUT2D eigenvalue weighted by molar-refractivity contribution is 6.35. The summed E-state index contributed by atoms with van der Waals surface area (Å²) in [5.74, 6) is 1.21. The largest absolute Gasteiger partial charge is 0.386 e. The van der Waals surface area contributed by atoms with Crippen molar-refractivity contribution in [1.82, 2.24) is 34.5 Å². The van der Waals surface area contributed by atoms with E-state index in [1.54, 1.807) is 29.5 Å². The maximum atomic E-state index is 6.39. The van der Waals surface area contributed by atoms with E-state index in [1.165, 1.54) is 0 Å². The third-order valence-electron chi connectivity index (χ3n) is 7.86. The Hall–Kier alpha value is -5.90. The zero-order valence-electron chi connectivity index (χ0n) is 26.5. The topological polar surface area (TPSA) is 106 Å². The maximum Gasteiger partial charge on any atom is 0.236 e. The molecule has 0 aliphatic carbocycles. The lowest BCUT2D eigenvalue weighted by atomic mass is 10.0. The highest BCUT2D eigenvalue weighted by Crippen LogP contribution is 2.38. The summed E-state index contributed by atoms with van der Waals surface area (Å²) in [5.41, 5.74) is 7.88. The predicted molar refractivity (Wildman–Crippen MR) is 199 cm³/mol. The van der Waals surface area contributed by atoms with Gasteiger partial charge in [0.05, 0.1) is 54.6 Å². The van der Waals surface area contributed by atoms with Crippen LogP contribution in [-0.4, -0.2) is 48.6 Å². The Morgan fingerprint density at radius 3 is 1.65 bits per heavy atom. The SMILES string of the molecule is CNc1c(Cl)ccc2nc(-c3cccnc3)nc(-c3ccccc3)c12.CNc1c(Cl)ccc2nc(-n3ccnc3)nc(-c3ccccc3)c12. The number of anilines is 2. The molecule has 240 valence electrons. The second-order valence-corrected chi connectivity index (χ2v) is 11.7. The minimum absolute atomic E-state index is 0.572. The summed E-state index contributed by atoms with van der Waals surface area (Å²) in [6.07, 6.45) is 8.72. The molecule has 4 aromatic carbocycles. The minimum atomic E-state index is 0.572. The van der Waals surface area contributed by atoms with E-state index in [0.29, 0.717) is 21.8 Å². The molecule has 8 rings (SSSR count). The molecule has 0 atom stereocenters. The number of nitrogens with one attached hydrogen (secondary N) is 2. The number of nitrogens with zero attached hydrogens (tertiary/aromatic N) is 7. The average Bonchev–Trinajstić information content (AvgIpc) is 3.71. The summed E-state index contributed by atoms with van der Waals surface area (Å²) in [5, 5.41) is 9.45. The fourth-order valence-electron chi connectivity index (χ4n) is 5.60. The third kappa shape index (κ3) is 6.37. The van der Waals surface area contributed by atoms with Gasteiger partial charge in [-0.1, -0.05) is 83.9 Å². The van der Waals surface area contributed by atoms with E-state index < -0.39 is 0 Å². The van der Waals surface area contributed by atoms with Crippen molar-refractivity contribution in [2.75, 3.05) is 24.7 Å². The lowest BCUT2D eigenvalue weighted by Crippen LogP contribution is -2.03. The molecule has 0 bridgehead atoms. The first kappa shape index (κ1) is 31.7. The van der Waals surface area contributed by atoms with Crippen LogP contribution >= 0.6 is 23.2 Å². The molecule has 4 aromatic heterocycles. The van der Waals surface area contributed by atoms with Crippen LogP contribution in [0.2, 0.25) is 10.0 Å². The number of imidazole rings is 1. The molecule has 0 radical (unpaired) electrons. The second-order valence-electron chi connectivity index (χ2n) is 10.8. The Balaban J connectivity index is 0.000000154. The molecule has 0 saturated heterocycles. The number of pyridine rings is 1. The Morgan fingerprint density at radius 2 is 1.12 bits per heavy atom. The number of aromatic nitrogens is 7. The zero-order valence-corrected chi connectivity index (χ0v) is 28.0. The number of benzene rings is 4. The van der Waals surface area contributed by atoms with Crippen LogP contribution in [0.4, 0.5) is 11.4 Å². The first-order chi connectivity index (χ1) is 24.1. The van der Waals surface area contributed by atoms with Crippen molar-refractivity contribution >= 4 is 56.4 Å². The molecular weight excluding hydrogens is 653 g/mol. The molecule has 2 N–H and O–H groups in total. The van der Waals surface area contributed by atoms with E-state index in [1.807, 2.05) is 117 Å². The first-order valence-corrected chi connectivity index (χ1v) is 16.2. The van der Waals surface area contributed by atoms with E-state index in [0.717, 1.165) is 61.3 Å². The van der Waals surface area contributed by atoms with Crippen LogP contribution in [0.5, 0.6) is 0 Å². The quantitative estimate of drug-likeness (QED) is 0.179. The second kappa shape index (κ2) is 14.1. The molecule has 0 spiro atoms. The Labute approximate surface area is 292 Å². The molecular formula is C38H29Cl2N9. The van der Waals surface area contributed by atoms with Crippen molar-refractivity contribution in [2.24, 2.45) is 0 Å². The van der Waals surface area contributed by atoms with Gasteiger partial charge < -0.3 is 10.6 Å². The summed E-state index contributed by atoms with van der Waals surface area (Å²) in [7, 11) is 3.70. The van der Waals surface area contributed by atoms with Gasteiger partial charge in [0.2, 0.25) is 5.95 Å². The van der Waals surface area contributed by atoms with Crippen LogP contribution in [-0.2, 0) is 0 Å². The predicted octanol–water partition coefficient (Wildman–Crippen LogP) is 9.23. The highest BCUT2D eigenvalue weighted by Gasteiger charge is 2.17. The minimum Gasteiger partial charge on any atom is -0.386 e. The Bertz CT molecular complexity index is 2370. The van der Waals surface area contributed by atoms with E-state index in [4.69, 9.17) is 38.2 Å². The number of hydrogen-bond acceptors (Lipinski definition) is 8. The van der Waals surface area contributed by atoms with Gasteiger partial charge in [-0.15, -0.1) is 0 Å². The van der Waals surface area contributed by atoms with Crippen LogP contribution in [0.15, 0.2) is 128 Å². The highest BCUT2D eigenvalue weighted by atomic mass is 35.5. The van der Waals surface area contributed by atoms with Gasteiger partial charge in [0, 0.05) is 55.6 Å². The van der Waals surface area contributed by atoms with Crippen molar-refractivity contribution in [3.05, 3.63) is 138 Å². The van der Waals surface area contributed by atoms with Gasteiger partial charge in [0.25, 0.3) is 0 Å². The third-order valence-corrected chi connectivity index (χ3v) is 8.49. The Kier molecular flexibility index (Phi) is 9.10. The van der Waals surface area contributed by atoms with Crippen LogP contribution < -0.4 is 10.6 Å². The molecule has 0 fully saturated rings. The van der Waals surface area contributed by atoms with Crippen LogP contribution in [0.1, 0.15) is 0 Å². The van der Waals surface area contributed by atoms with Gasteiger partial charge in [-0.05, 0) is 36.4 Å². The molecule has 0 unspecified atom stereocenters.